The Labute approximate surface area is 129 Å². The van der Waals surface area contributed by atoms with Crippen molar-refractivity contribution in [2.24, 2.45) is 5.10 Å². The van der Waals surface area contributed by atoms with Gasteiger partial charge in [0.05, 0.1) is 11.9 Å². The summed E-state index contributed by atoms with van der Waals surface area (Å²) in [5.41, 5.74) is 4.95. The van der Waals surface area contributed by atoms with E-state index in [1.807, 2.05) is 84.9 Å². The van der Waals surface area contributed by atoms with Gasteiger partial charge in [-0.2, -0.15) is 5.10 Å². The van der Waals surface area contributed by atoms with E-state index in [9.17, 15) is 0 Å². The van der Waals surface area contributed by atoms with Crippen LogP contribution in [0.15, 0.2) is 90.0 Å². The second-order valence-corrected chi connectivity index (χ2v) is 4.72. The minimum absolute atomic E-state index is 0.805. The van der Waals surface area contributed by atoms with Gasteiger partial charge < -0.3 is 4.74 Å². The molecule has 22 heavy (non-hydrogen) atoms. The van der Waals surface area contributed by atoms with Crippen LogP contribution in [0.3, 0.4) is 0 Å². The van der Waals surface area contributed by atoms with Crippen molar-refractivity contribution < 1.29 is 4.74 Å². The molecule has 0 aliphatic rings. The first-order valence-electron chi connectivity index (χ1n) is 7.07. The van der Waals surface area contributed by atoms with Crippen LogP contribution in [-0.4, -0.2) is 6.21 Å². The Morgan fingerprint density at radius 2 is 1.27 bits per heavy atom. The molecule has 0 spiro atoms. The highest BCUT2D eigenvalue weighted by Gasteiger charge is 1.96. The van der Waals surface area contributed by atoms with Gasteiger partial charge in [0.25, 0.3) is 0 Å². The van der Waals surface area contributed by atoms with E-state index in [0.29, 0.717) is 0 Å². The maximum Gasteiger partial charge on any atom is 0.127 e. The van der Waals surface area contributed by atoms with Gasteiger partial charge in [0.15, 0.2) is 0 Å². The molecule has 3 aromatic rings. The zero-order valence-electron chi connectivity index (χ0n) is 12.0. The highest BCUT2D eigenvalue weighted by Crippen LogP contribution is 2.20. The normalized spacial score (nSPS) is 10.5. The fraction of sp³-hybridized carbons (Fsp3) is 0. The molecular weight excluding hydrogens is 272 g/mol. The molecule has 0 fully saturated rings. The summed E-state index contributed by atoms with van der Waals surface area (Å²) < 4.78 is 5.75. The van der Waals surface area contributed by atoms with Crippen molar-refractivity contribution in [2.45, 2.75) is 0 Å². The average molecular weight is 288 g/mol. The van der Waals surface area contributed by atoms with Crippen LogP contribution in [0, 0.1) is 0 Å². The number of rotatable bonds is 5. The van der Waals surface area contributed by atoms with E-state index in [2.05, 4.69) is 10.5 Å². The van der Waals surface area contributed by atoms with Gasteiger partial charge in [0.2, 0.25) is 0 Å². The molecule has 3 aromatic carbocycles. The molecule has 0 saturated heterocycles. The molecule has 0 heterocycles. The summed E-state index contributed by atoms with van der Waals surface area (Å²) in [5.74, 6) is 1.63. The molecule has 108 valence electrons. The van der Waals surface area contributed by atoms with Crippen molar-refractivity contribution >= 4 is 11.9 Å². The van der Waals surface area contributed by atoms with Gasteiger partial charge in [0.1, 0.15) is 11.5 Å². The van der Waals surface area contributed by atoms with Gasteiger partial charge in [-0.1, -0.05) is 36.4 Å². The van der Waals surface area contributed by atoms with Crippen LogP contribution in [0.5, 0.6) is 11.5 Å². The van der Waals surface area contributed by atoms with E-state index in [0.717, 1.165) is 22.7 Å². The van der Waals surface area contributed by atoms with E-state index in [4.69, 9.17) is 4.74 Å². The van der Waals surface area contributed by atoms with Gasteiger partial charge in [0, 0.05) is 0 Å². The van der Waals surface area contributed by atoms with E-state index >= 15 is 0 Å². The molecule has 1 N–H and O–H groups in total. The molecule has 0 radical (unpaired) electrons. The number of nitrogens with one attached hydrogen (secondary N) is 1. The fourth-order valence-corrected chi connectivity index (χ4v) is 1.94. The number of hydrogen-bond acceptors (Lipinski definition) is 3. The van der Waals surface area contributed by atoms with E-state index in [-0.39, 0.29) is 0 Å². The Hall–Kier alpha value is -3.07. The van der Waals surface area contributed by atoms with Crippen molar-refractivity contribution in [1.29, 1.82) is 0 Å². The molecule has 3 rings (SSSR count). The number of hydrogen-bond donors (Lipinski definition) is 1. The minimum Gasteiger partial charge on any atom is -0.457 e. The molecule has 0 bridgehead atoms. The van der Waals surface area contributed by atoms with Crippen LogP contribution in [-0.2, 0) is 0 Å². The third-order valence-electron chi connectivity index (χ3n) is 3.04. The third kappa shape index (κ3) is 3.96. The van der Waals surface area contributed by atoms with Gasteiger partial charge in [-0.05, 0) is 54.1 Å². The predicted octanol–water partition coefficient (Wildman–Crippen LogP) is 4.92. The lowest BCUT2D eigenvalue weighted by molar-refractivity contribution is 0.482. The van der Waals surface area contributed by atoms with Gasteiger partial charge in [-0.3, -0.25) is 5.43 Å². The second-order valence-electron chi connectivity index (χ2n) is 4.72. The number of nitrogens with zero attached hydrogens (tertiary/aromatic N) is 1. The van der Waals surface area contributed by atoms with E-state index in [1.54, 1.807) is 6.21 Å². The fourth-order valence-electron chi connectivity index (χ4n) is 1.94. The molecule has 0 amide bonds. The van der Waals surface area contributed by atoms with E-state index < -0.39 is 0 Å². The van der Waals surface area contributed by atoms with Gasteiger partial charge >= 0.3 is 0 Å². The monoisotopic (exact) mass is 288 g/mol. The van der Waals surface area contributed by atoms with Gasteiger partial charge in [-0.15, -0.1) is 0 Å². The molecule has 0 aliphatic heterocycles. The Morgan fingerprint density at radius 3 is 1.95 bits per heavy atom. The standard InChI is InChI=1S/C19H16N2O/c1-3-7-17(8-4-1)21-20-15-16-11-13-19(14-12-16)22-18-9-5-2-6-10-18/h1-15,21H/b20-15-. The Kier molecular flexibility index (Phi) is 4.47. The van der Waals surface area contributed by atoms with Crippen LogP contribution in [0.25, 0.3) is 0 Å². The van der Waals surface area contributed by atoms with Crippen LogP contribution >= 0.6 is 0 Å². The summed E-state index contributed by atoms with van der Waals surface area (Å²) in [4.78, 5) is 0. The number of benzene rings is 3. The first kappa shape index (κ1) is 13.9. The Balaban J connectivity index is 1.59. The summed E-state index contributed by atoms with van der Waals surface area (Å²) in [7, 11) is 0. The molecule has 3 nitrogen and oxygen atoms in total. The lowest BCUT2D eigenvalue weighted by Crippen LogP contribution is -1.90. The summed E-state index contributed by atoms with van der Waals surface area (Å²) in [6, 6.07) is 27.3. The van der Waals surface area contributed by atoms with Crippen molar-refractivity contribution in [1.82, 2.24) is 0 Å². The zero-order chi connectivity index (χ0) is 15.0. The SMILES string of the molecule is C(=N/Nc1ccccc1)/c1ccc(Oc2ccccc2)cc1. The molecule has 3 heteroatoms. The molecule has 0 unspecified atom stereocenters. The van der Waals surface area contributed by atoms with Gasteiger partial charge in [-0.25, -0.2) is 0 Å². The third-order valence-corrected chi connectivity index (χ3v) is 3.04. The number of anilines is 1. The highest BCUT2D eigenvalue weighted by atomic mass is 16.5. The summed E-state index contributed by atoms with van der Waals surface area (Å²) in [6.07, 6.45) is 1.78. The topological polar surface area (TPSA) is 33.6 Å². The molecule has 0 saturated carbocycles. The van der Waals surface area contributed by atoms with Crippen LogP contribution in [0.1, 0.15) is 5.56 Å². The minimum atomic E-state index is 0.805. The van der Waals surface area contributed by atoms with Crippen molar-refractivity contribution in [3.8, 4) is 11.5 Å². The molecule has 0 aliphatic carbocycles. The number of para-hydroxylation sites is 2. The number of hydrazone groups is 1. The van der Waals surface area contributed by atoms with E-state index in [1.165, 1.54) is 0 Å². The zero-order valence-corrected chi connectivity index (χ0v) is 12.0. The first-order valence-corrected chi connectivity index (χ1v) is 7.07. The average Bonchev–Trinajstić information content (AvgIpc) is 2.58. The first-order chi connectivity index (χ1) is 10.9. The lowest BCUT2D eigenvalue weighted by atomic mass is 10.2. The summed E-state index contributed by atoms with van der Waals surface area (Å²) in [5, 5.41) is 4.21. The lowest BCUT2D eigenvalue weighted by Gasteiger charge is -2.05. The second kappa shape index (κ2) is 7.09. The highest BCUT2D eigenvalue weighted by molar-refractivity contribution is 5.80. The van der Waals surface area contributed by atoms with Crippen LogP contribution in [0.2, 0.25) is 0 Å². The largest absolute Gasteiger partial charge is 0.457 e. The van der Waals surface area contributed by atoms with Crippen LogP contribution < -0.4 is 10.2 Å². The summed E-state index contributed by atoms with van der Waals surface area (Å²) in [6.45, 7) is 0. The van der Waals surface area contributed by atoms with Crippen molar-refractivity contribution in [3.63, 3.8) is 0 Å². The maximum absolute atomic E-state index is 5.75. The molecule has 0 aromatic heterocycles. The van der Waals surface area contributed by atoms with Crippen molar-refractivity contribution in [3.05, 3.63) is 90.5 Å². The molecular formula is C19H16N2O. The quantitative estimate of drug-likeness (QED) is 0.533. The Morgan fingerprint density at radius 1 is 0.682 bits per heavy atom. The smallest absolute Gasteiger partial charge is 0.127 e. The maximum atomic E-state index is 5.75. The van der Waals surface area contributed by atoms with Crippen LogP contribution in [0.4, 0.5) is 5.69 Å². The molecule has 0 atom stereocenters. The summed E-state index contributed by atoms with van der Waals surface area (Å²) >= 11 is 0. The number of ether oxygens (including phenoxy) is 1. The Bertz CT molecular complexity index is 722. The van der Waals surface area contributed by atoms with Crippen molar-refractivity contribution in [2.75, 3.05) is 5.43 Å². The predicted molar refractivity (Wildman–Crippen MR) is 90.6 cm³/mol.